The Kier molecular flexibility index (Phi) is 6.16. The Bertz CT molecular complexity index is 2420. The molecule has 0 N–H and O–H groups in total. The van der Waals surface area contributed by atoms with E-state index in [1.54, 1.807) is 0 Å². The van der Waals surface area contributed by atoms with Crippen molar-refractivity contribution in [1.29, 1.82) is 0 Å². The predicted octanol–water partition coefficient (Wildman–Crippen LogP) is 11.2. The van der Waals surface area contributed by atoms with Crippen molar-refractivity contribution in [2.75, 3.05) is 0 Å². The van der Waals surface area contributed by atoms with Crippen molar-refractivity contribution in [1.82, 2.24) is 15.0 Å². The Morgan fingerprint density at radius 3 is 1.85 bits per heavy atom. The molecule has 0 amide bonds. The molecule has 0 saturated heterocycles. The van der Waals surface area contributed by atoms with Crippen LogP contribution >= 0.6 is 0 Å². The number of nitrogens with zero attached hydrogens (tertiary/aromatic N) is 3. The van der Waals surface area contributed by atoms with Gasteiger partial charge in [0.2, 0.25) is 0 Å². The summed E-state index contributed by atoms with van der Waals surface area (Å²) in [7, 11) is 0. The summed E-state index contributed by atoms with van der Waals surface area (Å²) in [6.45, 7) is 4.70. The summed E-state index contributed by atoms with van der Waals surface area (Å²) in [5, 5.41) is 4.93. The zero-order valence-electron chi connectivity index (χ0n) is 26.3. The molecule has 8 aromatic rings. The van der Waals surface area contributed by atoms with Gasteiger partial charge in [0.15, 0.2) is 5.82 Å². The van der Waals surface area contributed by atoms with Crippen LogP contribution in [-0.2, 0) is 5.41 Å². The van der Waals surface area contributed by atoms with Crippen LogP contribution in [0.15, 0.2) is 152 Å². The van der Waals surface area contributed by atoms with Gasteiger partial charge < -0.3 is 0 Å². The minimum Gasteiger partial charge on any atom is -0.265 e. The number of hydrogen-bond acceptors (Lipinski definition) is 3. The molecule has 0 atom stereocenters. The maximum absolute atomic E-state index is 5.14. The number of hydrogen-bond donors (Lipinski definition) is 0. The molecule has 0 fully saturated rings. The van der Waals surface area contributed by atoms with Crippen LogP contribution in [-0.4, -0.2) is 15.0 Å². The van der Waals surface area contributed by atoms with Crippen LogP contribution in [0, 0.1) is 0 Å². The molecule has 0 aliphatic heterocycles. The summed E-state index contributed by atoms with van der Waals surface area (Å²) in [6.07, 6.45) is 3.62. The average molecular weight is 602 g/mol. The molecule has 1 aliphatic carbocycles. The van der Waals surface area contributed by atoms with Crippen molar-refractivity contribution in [3.05, 3.63) is 163 Å². The average Bonchev–Trinajstić information content (AvgIpc) is 3.35. The van der Waals surface area contributed by atoms with Crippen LogP contribution in [0.25, 0.3) is 77.7 Å². The van der Waals surface area contributed by atoms with E-state index in [-0.39, 0.29) is 5.41 Å². The van der Waals surface area contributed by atoms with Gasteiger partial charge in [-0.15, -0.1) is 0 Å². The Balaban J connectivity index is 1.22. The van der Waals surface area contributed by atoms with E-state index in [2.05, 4.69) is 128 Å². The lowest BCUT2D eigenvalue weighted by Crippen LogP contribution is -2.14. The highest BCUT2D eigenvalue weighted by molar-refractivity contribution is 6.05. The predicted molar refractivity (Wildman–Crippen MR) is 194 cm³/mol. The van der Waals surface area contributed by atoms with Gasteiger partial charge in [-0.25, -0.2) is 9.97 Å². The largest absolute Gasteiger partial charge is 0.265 e. The van der Waals surface area contributed by atoms with Gasteiger partial charge in [0.05, 0.1) is 11.4 Å². The molecule has 1 aliphatic rings. The molecule has 0 spiro atoms. The van der Waals surface area contributed by atoms with Crippen molar-refractivity contribution >= 4 is 21.5 Å². The molecule has 222 valence electrons. The van der Waals surface area contributed by atoms with Crippen molar-refractivity contribution in [2.45, 2.75) is 19.3 Å². The van der Waals surface area contributed by atoms with E-state index in [0.29, 0.717) is 5.82 Å². The number of aromatic nitrogens is 3. The number of pyridine rings is 1. The highest BCUT2D eigenvalue weighted by Crippen LogP contribution is 2.51. The standard InChI is InChI=1S/C44H31N3/c1-44(2)39-19-16-32(25-37(39)38-24-30-12-6-7-13-31(30)26-40(38)44)33-17-18-36(35-15-9-8-14-34(33)35)42-27-41(28-20-22-45-23-21-28)46-43(47-42)29-10-4-3-5-11-29/h3-27H,1-2H3. The normalized spacial score (nSPS) is 13.1. The van der Waals surface area contributed by atoms with E-state index < -0.39 is 0 Å². The first-order chi connectivity index (χ1) is 23.0. The van der Waals surface area contributed by atoms with Gasteiger partial charge in [-0.1, -0.05) is 117 Å². The SMILES string of the molecule is CC1(C)c2ccc(-c3ccc(-c4cc(-c5ccncc5)nc(-c5ccccc5)n4)c4ccccc34)cc2-c2cc3ccccc3cc21. The summed E-state index contributed by atoms with van der Waals surface area (Å²) in [4.78, 5) is 14.3. The van der Waals surface area contributed by atoms with Gasteiger partial charge in [0, 0.05) is 34.5 Å². The van der Waals surface area contributed by atoms with Gasteiger partial charge in [-0.3, -0.25) is 4.98 Å². The lowest BCUT2D eigenvalue weighted by atomic mass is 9.81. The van der Waals surface area contributed by atoms with E-state index in [4.69, 9.17) is 9.97 Å². The third kappa shape index (κ3) is 4.46. The maximum atomic E-state index is 5.14. The van der Waals surface area contributed by atoms with Gasteiger partial charge in [-0.05, 0) is 91.3 Å². The van der Waals surface area contributed by atoms with Crippen LogP contribution in [0.2, 0.25) is 0 Å². The highest BCUT2D eigenvalue weighted by Gasteiger charge is 2.35. The lowest BCUT2D eigenvalue weighted by molar-refractivity contribution is 0.661. The molecule has 0 radical (unpaired) electrons. The summed E-state index contributed by atoms with van der Waals surface area (Å²) in [5.74, 6) is 0.704. The van der Waals surface area contributed by atoms with Crippen LogP contribution in [0.3, 0.4) is 0 Å². The number of benzene rings is 6. The Morgan fingerprint density at radius 2 is 1.06 bits per heavy atom. The molecule has 9 rings (SSSR count). The zero-order valence-corrected chi connectivity index (χ0v) is 26.3. The molecular weight excluding hydrogens is 571 g/mol. The smallest absolute Gasteiger partial charge is 0.160 e. The van der Waals surface area contributed by atoms with Crippen molar-refractivity contribution in [3.8, 4) is 56.2 Å². The van der Waals surface area contributed by atoms with Crippen molar-refractivity contribution in [2.24, 2.45) is 0 Å². The monoisotopic (exact) mass is 601 g/mol. The van der Waals surface area contributed by atoms with Crippen molar-refractivity contribution in [3.63, 3.8) is 0 Å². The van der Waals surface area contributed by atoms with Gasteiger partial charge in [0.25, 0.3) is 0 Å². The van der Waals surface area contributed by atoms with Crippen LogP contribution in [0.4, 0.5) is 0 Å². The molecule has 6 aromatic carbocycles. The first-order valence-corrected chi connectivity index (χ1v) is 16.1. The third-order valence-electron chi connectivity index (χ3n) is 9.79. The second-order valence-electron chi connectivity index (χ2n) is 12.9. The van der Waals surface area contributed by atoms with Crippen LogP contribution in [0.1, 0.15) is 25.0 Å². The number of fused-ring (bicyclic) bond motifs is 5. The van der Waals surface area contributed by atoms with E-state index in [1.165, 1.54) is 49.5 Å². The van der Waals surface area contributed by atoms with Crippen LogP contribution < -0.4 is 0 Å². The zero-order chi connectivity index (χ0) is 31.5. The molecule has 3 heteroatoms. The minimum absolute atomic E-state index is 0.0604. The summed E-state index contributed by atoms with van der Waals surface area (Å²) >= 11 is 0. The maximum Gasteiger partial charge on any atom is 0.160 e. The fraction of sp³-hybridized carbons (Fsp3) is 0.0682. The first kappa shape index (κ1) is 27.4. The van der Waals surface area contributed by atoms with E-state index >= 15 is 0 Å². The molecule has 0 saturated carbocycles. The van der Waals surface area contributed by atoms with E-state index in [9.17, 15) is 0 Å². The quantitative estimate of drug-likeness (QED) is 0.201. The van der Waals surface area contributed by atoms with E-state index in [0.717, 1.165) is 33.5 Å². The second kappa shape index (κ2) is 10.6. The van der Waals surface area contributed by atoms with E-state index in [1.807, 2.05) is 42.7 Å². The molecule has 0 bridgehead atoms. The number of rotatable bonds is 4. The van der Waals surface area contributed by atoms with Gasteiger partial charge >= 0.3 is 0 Å². The van der Waals surface area contributed by atoms with Gasteiger partial charge in [-0.2, -0.15) is 0 Å². The summed E-state index contributed by atoms with van der Waals surface area (Å²) in [6, 6.07) is 50.0. The van der Waals surface area contributed by atoms with Crippen LogP contribution in [0.5, 0.6) is 0 Å². The lowest BCUT2D eigenvalue weighted by Gasteiger charge is -2.22. The fourth-order valence-electron chi connectivity index (χ4n) is 7.35. The second-order valence-corrected chi connectivity index (χ2v) is 12.9. The summed E-state index contributed by atoms with van der Waals surface area (Å²) < 4.78 is 0. The molecule has 2 heterocycles. The third-order valence-corrected chi connectivity index (χ3v) is 9.79. The van der Waals surface area contributed by atoms with Gasteiger partial charge in [0.1, 0.15) is 0 Å². The molecule has 3 nitrogen and oxygen atoms in total. The topological polar surface area (TPSA) is 38.7 Å². The molecule has 47 heavy (non-hydrogen) atoms. The Labute approximate surface area is 274 Å². The Morgan fingerprint density at radius 1 is 0.426 bits per heavy atom. The minimum atomic E-state index is -0.0604. The molecule has 2 aromatic heterocycles. The highest BCUT2D eigenvalue weighted by atomic mass is 14.9. The first-order valence-electron chi connectivity index (χ1n) is 16.1. The Hall–Kier alpha value is -5.93. The molecular formula is C44H31N3. The molecule has 0 unspecified atom stereocenters. The summed E-state index contributed by atoms with van der Waals surface area (Å²) in [5.41, 5.74) is 12.7. The van der Waals surface area contributed by atoms with Crippen molar-refractivity contribution < 1.29 is 0 Å². The fourth-order valence-corrected chi connectivity index (χ4v) is 7.35.